The van der Waals surface area contributed by atoms with E-state index in [0.29, 0.717) is 16.6 Å². The van der Waals surface area contributed by atoms with E-state index in [9.17, 15) is 4.79 Å². The number of hydrogen-bond acceptors (Lipinski definition) is 4. The van der Waals surface area contributed by atoms with Crippen LogP contribution >= 0.6 is 27.3 Å². The zero-order valence-electron chi connectivity index (χ0n) is 12.8. The van der Waals surface area contributed by atoms with Crippen LogP contribution in [0, 0.1) is 0 Å². The minimum Gasteiger partial charge on any atom is -0.296 e. The summed E-state index contributed by atoms with van der Waals surface area (Å²) in [5, 5.41) is 12.8. The maximum atomic E-state index is 12.3. The van der Waals surface area contributed by atoms with Gasteiger partial charge >= 0.3 is 0 Å². The topological polar surface area (TPSA) is 54.9 Å². The molecule has 0 aliphatic carbocycles. The van der Waals surface area contributed by atoms with Gasteiger partial charge < -0.3 is 0 Å². The number of nitrogens with zero attached hydrogens (tertiary/aromatic N) is 2. The Labute approximate surface area is 143 Å². The zero-order chi connectivity index (χ0) is 15.9. The third-order valence-corrected chi connectivity index (χ3v) is 5.22. The van der Waals surface area contributed by atoms with Crippen LogP contribution in [0.5, 0.6) is 0 Å². The predicted octanol–water partition coefficient (Wildman–Crippen LogP) is 5.24. The van der Waals surface area contributed by atoms with E-state index >= 15 is 0 Å². The van der Waals surface area contributed by atoms with Crippen molar-refractivity contribution >= 4 is 38.3 Å². The van der Waals surface area contributed by atoms with Crippen LogP contribution in [0.1, 0.15) is 60.8 Å². The molecule has 1 heterocycles. The van der Waals surface area contributed by atoms with Gasteiger partial charge in [-0.1, -0.05) is 50.2 Å². The second kappa shape index (κ2) is 8.39. The molecular formula is C16H20BrN3OS. The monoisotopic (exact) mass is 381 g/mol. The number of amides is 1. The van der Waals surface area contributed by atoms with Gasteiger partial charge in [0, 0.05) is 10.4 Å². The summed E-state index contributed by atoms with van der Waals surface area (Å²) < 4.78 is 0.770. The molecule has 118 valence electrons. The second-order valence-electron chi connectivity index (χ2n) is 5.13. The van der Waals surface area contributed by atoms with Gasteiger partial charge in [0.05, 0.1) is 5.56 Å². The first-order valence-electron chi connectivity index (χ1n) is 7.55. The number of nitrogens with one attached hydrogen (secondary N) is 1. The molecule has 1 atom stereocenters. The van der Waals surface area contributed by atoms with Crippen molar-refractivity contribution in [1.29, 1.82) is 0 Å². The van der Waals surface area contributed by atoms with Gasteiger partial charge in [-0.3, -0.25) is 10.1 Å². The Balaban J connectivity index is 2.05. The molecule has 1 aromatic heterocycles. The normalized spacial score (nSPS) is 12.1. The molecule has 0 fully saturated rings. The van der Waals surface area contributed by atoms with Gasteiger partial charge in [0.15, 0.2) is 0 Å². The molecular weight excluding hydrogens is 362 g/mol. The number of unbranched alkanes of at least 4 members (excludes halogenated alkanes) is 1. The third-order valence-electron chi connectivity index (χ3n) is 3.53. The van der Waals surface area contributed by atoms with Gasteiger partial charge in [-0.15, -0.1) is 10.2 Å². The SMILES string of the molecule is CCCCC(CC)c1nnc(NC(=O)c2ccccc2Br)s1. The lowest BCUT2D eigenvalue weighted by atomic mass is 10.0. The minimum absolute atomic E-state index is 0.170. The van der Waals surface area contributed by atoms with Crippen LogP contribution in [0.2, 0.25) is 0 Å². The van der Waals surface area contributed by atoms with Gasteiger partial charge in [0.2, 0.25) is 5.13 Å². The molecule has 22 heavy (non-hydrogen) atoms. The lowest BCUT2D eigenvalue weighted by molar-refractivity contribution is 0.102. The molecule has 0 radical (unpaired) electrons. The number of hydrogen-bond donors (Lipinski definition) is 1. The van der Waals surface area contributed by atoms with E-state index in [0.717, 1.165) is 22.3 Å². The molecule has 1 N–H and O–H groups in total. The molecule has 4 nitrogen and oxygen atoms in total. The molecule has 0 aliphatic heterocycles. The van der Waals surface area contributed by atoms with Crippen LogP contribution in [0.3, 0.4) is 0 Å². The summed E-state index contributed by atoms with van der Waals surface area (Å²) in [5.41, 5.74) is 0.595. The lowest BCUT2D eigenvalue weighted by Crippen LogP contribution is -2.12. The van der Waals surface area contributed by atoms with Crippen LogP contribution < -0.4 is 5.32 Å². The standard InChI is InChI=1S/C16H20BrN3OS/c1-3-5-8-11(4-2)15-19-20-16(22-15)18-14(21)12-9-6-7-10-13(12)17/h6-7,9-11H,3-5,8H2,1-2H3,(H,18,20,21). The van der Waals surface area contributed by atoms with Crippen molar-refractivity contribution < 1.29 is 4.79 Å². The van der Waals surface area contributed by atoms with Crippen LogP contribution in [0.15, 0.2) is 28.7 Å². The molecule has 6 heteroatoms. The van der Waals surface area contributed by atoms with Crippen LogP contribution in [0.25, 0.3) is 0 Å². The van der Waals surface area contributed by atoms with Crippen molar-refractivity contribution in [2.24, 2.45) is 0 Å². The molecule has 0 bridgehead atoms. The zero-order valence-corrected chi connectivity index (χ0v) is 15.2. The number of benzene rings is 1. The van der Waals surface area contributed by atoms with E-state index < -0.39 is 0 Å². The molecule has 2 rings (SSSR count). The average molecular weight is 382 g/mol. The lowest BCUT2D eigenvalue weighted by Gasteiger charge is -2.09. The first-order valence-corrected chi connectivity index (χ1v) is 9.15. The van der Waals surface area contributed by atoms with Crippen LogP contribution in [-0.4, -0.2) is 16.1 Å². The number of carbonyl (C=O) groups is 1. The minimum atomic E-state index is -0.170. The van der Waals surface area contributed by atoms with Crippen LogP contribution in [0.4, 0.5) is 5.13 Å². The van der Waals surface area contributed by atoms with Crippen LogP contribution in [-0.2, 0) is 0 Å². The van der Waals surface area contributed by atoms with Crippen molar-refractivity contribution in [2.45, 2.75) is 45.4 Å². The molecule has 0 saturated carbocycles. The number of anilines is 1. The summed E-state index contributed by atoms with van der Waals surface area (Å²) >= 11 is 4.86. The fourth-order valence-electron chi connectivity index (χ4n) is 2.21. The van der Waals surface area contributed by atoms with E-state index in [1.54, 1.807) is 6.07 Å². The Kier molecular flexibility index (Phi) is 6.51. The Bertz CT molecular complexity index is 629. The molecule has 1 amide bonds. The third kappa shape index (κ3) is 4.36. The van der Waals surface area contributed by atoms with Crippen molar-refractivity contribution in [3.05, 3.63) is 39.3 Å². The summed E-state index contributed by atoms with van der Waals surface area (Å²) in [6, 6.07) is 7.34. The molecule has 1 aromatic carbocycles. The molecule has 2 aromatic rings. The highest BCUT2D eigenvalue weighted by Crippen LogP contribution is 2.30. The van der Waals surface area contributed by atoms with Gasteiger partial charge in [-0.25, -0.2) is 0 Å². The van der Waals surface area contributed by atoms with E-state index in [1.807, 2.05) is 18.2 Å². The molecule has 1 unspecified atom stereocenters. The Morgan fingerprint density at radius 2 is 2.09 bits per heavy atom. The summed E-state index contributed by atoms with van der Waals surface area (Å²) in [4.78, 5) is 12.3. The van der Waals surface area contributed by atoms with Crippen molar-refractivity contribution in [1.82, 2.24) is 10.2 Å². The Morgan fingerprint density at radius 1 is 1.32 bits per heavy atom. The molecule has 0 aliphatic rings. The molecule has 0 saturated heterocycles. The fourth-order valence-corrected chi connectivity index (χ4v) is 3.63. The fraction of sp³-hybridized carbons (Fsp3) is 0.438. The van der Waals surface area contributed by atoms with Gasteiger partial charge in [-0.2, -0.15) is 0 Å². The van der Waals surface area contributed by atoms with E-state index in [4.69, 9.17) is 0 Å². The maximum absolute atomic E-state index is 12.3. The number of carbonyl (C=O) groups excluding carboxylic acids is 1. The number of halogens is 1. The first-order chi connectivity index (χ1) is 10.7. The second-order valence-corrected chi connectivity index (χ2v) is 6.99. The Morgan fingerprint density at radius 3 is 2.77 bits per heavy atom. The smallest absolute Gasteiger partial charge is 0.258 e. The van der Waals surface area contributed by atoms with Crippen molar-refractivity contribution in [3.63, 3.8) is 0 Å². The van der Waals surface area contributed by atoms with E-state index in [-0.39, 0.29) is 5.91 Å². The van der Waals surface area contributed by atoms with Gasteiger partial charge in [-0.05, 0) is 40.9 Å². The van der Waals surface area contributed by atoms with Gasteiger partial charge in [0.25, 0.3) is 5.91 Å². The van der Waals surface area contributed by atoms with Gasteiger partial charge in [0.1, 0.15) is 5.01 Å². The highest BCUT2D eigenvalue weighted by Gasteiger charge is 2.17. The summed E-state index contributed by atoms with van der Waals surface area (Å²) in [7, 11) is 0. The number of rotatable bonds is 7. The first kappa shape index (κ1) is 17.1. The highest BCUT2D eigenvalue weighted by molar-refractivity contribution is 9.10. The summed E-state index contributed by atoms with van der Waals surface area (Å²) in [6.07, 6.45) is 4.55. The van der Waals surface area contributed by atoms with Crippen molar-refractivity contribution in [2.75, 3.05) is 5.32 Å². The van der Waals surface area contributed by atoms with Crippen molar-refractivity contribution in [3.8, 4) is 0 Å². The average Bonchev–Trinajstić information content (AvgIpc) is 2.97. The highest BCUT2D eigenvalue weighted by atomic mass is 79.9. The predicted molar refractivity (Wildman–Crippen MR) is 94.6 cm³/mol. The van der Waals surface area contributed by atoms with E-state index in [1.165, 1.54) is 24.2 Å². The summed E-state index contributed by atoms with van der Waals surface area (Å²) in [6.45, 7) is 4.36. The van der Waals surface area contributed by atoms with E-state index in [2.05, 4.69) is 45.3 Å². The number of aromatic nitrogens is 2. The molecule has 0 spiro atoms. The quantitative estimate of drug-likeness (QED) is 0.713. The Hall–Kier alpha value is -1.27. The largest absolute Gasteiger partial charge is 0.296 e. The maximum Gasteiger partial charge on any atom is 0.258 e. The summed E-state index contributed by atoms with van der Waals surface area (Å²) in [5.74, 6) is 0.267.